The molecule has 88 valence electrons. The lowest BCUT2D eigenvalue weighted by Crippen LogP contribution is -2.38. The van der Waals surface area contributed by atoms with Crippen molar-refractivity contribution in [3.8, 4) is 5.75 Å². The van der Waals surface area contributed by atoms with Crippen molar-refractivity contribution in [3.63, 3.8) is 0 Å². The van der Waals surface area contributed by atoms with Gasteiger partial charge in [0, 0.05) is 4.90 Å². The summed E-state index contributed by atoms with van der Waals surface area (Å²) in [6.45, 7) is 4.99. The van der Waals surface area contributed by atoms with Crippen LogP contribution in [0.1, 0.15) is 19.4 Å². The molecule has 0 spiro atoms. The zero-order valence-corrected chi connectivity index (χ0v) is 10.7. The molecule has 16 heavy (non-hydrogen) atoms. The molecule has 0 unspecified atom stereocenters. The predicted molar refractivity (Wildman–Crippen MR) is 65.3 cm³/mol. The van der Waals surface area contributed by atoms with Crippen LogP contribution in [0.4, 0.5) is 0 Å². The average Bonchev–Trinajstić information content (AvgIpc) is 2.20. The number of aryl methyl sites for hydroxylation is 1. The van der Waals surface area contributed by atoms with Gasteiger partial charge in [-0.3, -0.25) is 0 Å². The summed E-state index contributed by atoms with van der Waals surface area (Å²) in [6, 6.07) is 5.72. The van der Waals surface area contributed by atoms with Crippen molar-refractivity contribution < 1.29 is 14.6 Å². The van der Waals surface area contributed by atoms with Gasteiger partial charge in [0.15, 0.2) is 5.60 Å². The van der Waals surface area contributed by atoms with E-state index in [1.165, 1.54) is 13.8 Å². The molecule has 0 aliphatic heterocycles. The van der Waals surface area contributed by atoms with Gasteiger partial charge in [0.1, 0.15) is 5.75 Å². The van der Waals surface area contributed by atoms with Crippen molar-refractivity contribution >= 4 is 17.7 Å². The maximum atomic E-state index is 10.9. The summed E-state index contributed by atoms with van der Waals surface area (Å²) in [5.41, 5.74) is -0.257. The third kappa shape index (κ3) is 2.92. The molecule has 1 aromatic carbocycles. The average molecular weight is 240 g/mol. The Labute approximate surface area is 99.8 Å². The Hall–Kier alpha value is -1.16. The molecule has 0 radical (unpaired) electrons. The minimum Gasteiger partial charge on any atom is -0.478 e. The highest BCUT2D eigenvalue weighted by atomic mass is 32.2. The first-order valence-corrected chi connectivity index (χ1v) is 6.16. The van der Waals surface area contributed by atoms with E-state index in [0.717, 1.165) is 10.5 Å². The summed E-state index contributed by atoms with van der Waals surface area (Å²) >= 11 is 1.64. The van der Waals surface area contributed by atoms with Crippen molar-refractivity contribution in [2.75, 3.05) is 6.26 Å². The molecule has 0 saturated heterocycles. The molecule has 0 amide bonds. The number of aliphatic carboxylic acids is 1. The van der Waals surface area contributed by atoms with Crippen molar-refractivity contribution in [1.82, 2.24) is 0 Å². The smallest absolute Gasteiger partial charge is 0.347 e. The van der Waals surface area contributed by atoms with Crippen LogP contribution in [0.2, 0.25) is 0 Å². The molecule has 0 heterocycles. The number of ether oxygens (including phenoxy) is 1. The van der Waals surface area contributed by atoms with Crippen molar-refractivity contribution in [1.29, 1.82) is 0 Å². The van der Waals surface area contributed by atoms with Crippen molar-refractivity contribution in [2.24, 2.45) is 0 Å². The summed E-state index contributed by atoms with van der Waals surface area (Å²) in [5.74, 6) is -0.356. The van der Waals surface area contributed by atoms with Gasteiger partial charge in [-0.25, -0.2) is 4.79 Å². The molecule has 0 saturated carbocycles. The lowest BCUT2D eigenvalue weighted by Gasteiger charge is -2.22. The molecule has 4 heteroatoms. The van der Waals surface area contributed by atoms with Crippen molar-refractivity contribution in [3.05, 3.63) is 23.8 Å². The first kappa shape index (κ1) is 12.9. The maximum absolute atomic E-state index is 10.9. The highest BCUT2D eigenvalue weighted by molar-refractivity contribution is 7.98. The van der Waals surface area contributed by atoms with Crippen LogP contribution in [0, 0.1) is 6.92 Å². The minimum atomic E-state index is -1.20. The van der Waals surface area contributed by atoms with Gasteiger partial charge in [-0.1, -0.05) is 0 Å². The van der Waals surface area contributed by atoms with Gasteiger partial charge < -0.3 is 9.84 Å². The second-order valence-electron chi connectivity index (χ2n) is 4.05. The van der Waals surface area contributed by atoms with E-state index in [-0.39, 0.29) is 0 Å². The molecule has 1 rings (SSSR count). The molecule has 0 aliphatic carbocycles. The lowest BCUT2D eigenvalue weighted by molar-refractivity contribution is -0.152. The Morgan fingerprint density at radius 2 is 2.06 bits per heavy atom. The summed E-state index contributed by atoms with van der Waals surface area (Å²) in [7, 11) is 0. The van der Waals surface area contributed by atoms with Gasteiger partial charge in [0.05, 0.1) is 0 Å². The molecule has 0 atom stereocenters. The highest BCUT2D eigenvalue weighted by Gasteiger charge is 2.29. The lowest BCUT2D eigenvalue weighted by atomic mass is 10.1. The van der Waals surface area contributed by atoms with Crippen LogP contribution in [-0.2, 0) is 4.79 Å². The first-order chi connectivity index (χ1) is 7.36. The Balaban J connectivity index is 2.94. The van der Waals surface area contributed by atoms with Crippen LogP contribution < -0.4 is 4.74 Å². The Morgan fingerprint density at radius 1 is 1.44 bits per heavy atom. The van der Waals surface area contributed by atoms with Crippen LogP contribution in [0.15, 0.2) is 23.1 Å². The number of carbonyl (C=O) groups is 1. The SMILES string of the molecule is CSc1ccc(OC(C)(C)C(=O)O)c(C)c1. The number of rotatable bonds is 4. The van der Waals surface area contributed by atoms with E-state index in [1.807, 2.05) is 31.4 Å². The van der Waals surface area contributed by atoms with E-state index >= 15 is 0 Å². The number of carboxylic acid groups (broad SMARTS) is 1. The predicted octanol–water partition coefficient (Wildman–Crippen LogP) is 2.96. The summed E-state index contributed by atoms with van der Waals surface area (Å²) in [4.78, 5) is 12.1. The highest BCUT2D eigenvalue weighted by Crippen LogP contribution is 2.27. The first-order valence-electron chi connectivity index (χ1n) is 4.94. The molecular formula is C12H16O3S. The zero-order chi connectivity index (χ0) is 12.3. The Morgan fingerprint density at radius 3 is 2.50 bits per heavy atom. The number of benzene rings is 1. The molecule has 0 fully saturated rings. The molecule has 0 aromatic heterocycles. The van der Waals surface area contributed by atoms with Gasteiger partial charge in [0.25, 0.3) is 0 Å². The summed E-state index contributed by atoms with van der Waals surface area (Å²) in [5, 5.41) is 8.97. The van der Waals surface area contributed by atoms with E-state index in [0.29, 0.717) is 5.75 Å². The molecule has 1 aromatic rings. The minimum absolute atomic E-state index is 0.616. The number of carboxylic acids is 1. The van der Waals surface area contributed by atoms with Gasteiger partial charge in [-0.15, -0.1) is 11.8 Å². The maximum Gasteiger partial charge on any atom is 0.347 e. The van der Waals surface area contributed by atoms with E-state index in [2.05, 4.69) is 0 Å². The third-order valence-electron chi connectivity index (χ3n) is 2.26. The van der Waals surface area contributed by atoms with E-state index in [1.54, 1.807) is 11.8 Å². The van der Waals surface area contributed by atoms with Crippen LogP contribution in [0.3, 0.4) is 0 Å². The van der Waals surface area contributed by atoms with E-state index in [4.69, 9.17) is 9.84 Å². The quantitative estimate of drug-likeness (QED) is 0.822. The molecular weight excluding hydrogens is 224 g/mol. The van der Waals surface area contributed by atoms with Crippen LogP contribution in [0.25, 0.3) is 0 Å². The largest absolute Gasteiger partial charge is 0.478 e. The number of hydrogen-bond donors (Lipinski definition) is 1. The Kier molecular flexibility index (Phi) is 3.86. The zero-order valence-electron chi connectivity index (χ0n) is 9.90. The van der Waals surface area contributed by atoms with Gasteiger partial charge >= 0.3 is 5.97 Å². The topological polar surface area (TPSA) is 46.5 Å². The van der Waals surface area contributed by atoms with Gasteiger partial charge in [0.2, 0.25) is 0 Å². The summed E-state index contributed by atoms with van der Waals surface area (Å²) in [6.07, 6.45) is 2.00. The van der Waals surface area contributed by atoms with Gasteiger partial charge in [-0.2, -0.15) is 0 Å². The fraction of sp³-hybridized carbons (Fsp3) is 0.417. The molecule has 0 aliphatic rings. The number of hydrogen-bond acceptors (Lipinski definition) is 3. The molecule has 0 bridgehead atoms. The number of thioether (sulfide) groups is 1. The van der Waals surface area contributed by atoms with E-state index < -0.39 is 11.6 Å². The fourth-order valence-corrected chi connectivity index (χ4v) is 1.68. The standard InChI is InChI=1S/C12H16O3S/c1-8-7-9(16-4)5-6-10(8)15-12(2,3)11(13)14/h5-7H,1-4H3,(H,13,14). The van der Waals surface area contributed by atoms with Crippen LogP contribution >= 0.6 is 11.8 Å². The monoisotopic (exact) mass is 240 g/mol. The third-order valence-corrected chi connectivity index (χ3v) is 2.99. The van der Waals surface area contributed by atoms with Crippen molar-refractivity contribution in [2.45, 2.75) is 31.3 Å². The molecule has 3 nitrogen and oxygen atoms in total. The van der Waals surface area contributed by atoms with Crippen LogP contribution in [0.5, 0.6) is 5.75 Å². The summed E-state index contributed by atoms with van der Waals surface area (Å²) < 4.78 is 5.48. The normalized spacial score (nSPS) is 11.2. The second kappa shape index (κ2) is 4.78. The fourth-order valence-electron chi connectivity index (χ4n) is 1.18. The van der Waals surface area contributed by atoms with Gasteiger partial charge in [-0.05, 0) is 50.8 Å². The Bertz CT molecular complexity index is 399. The second-order valence-corrected chi connectivity index (χ2v) is 4.93. The van der Waals surface area contributed by atoms with E-state index in [9.17, 15) is 4.79 Å². The molecule has 1 N–H and O–H groups in total. The van der Waals surface area contributed by atoms with Crippen LogP contribution in [-0.4, -0.2) is 22.9 Å².